The molecule has 0 saturated carbocycles. The molecule has 2 aromatic heterocycles. The molecular weight excluding hydrogens is 787 g/mol. The second-order valence-electron chi connectivity index (χ2n) is 18.4. The molecule has 3 aliphatic heterocycles. The van der Waals surface area contributed by atoms with Gasteiger partial charge in [-0.2, -0.15) is 0 Å². The Morgan fingerprint density at radius 1 is 0.774 bits per heavy atom. The zero-order valence-corrected chi connectivity index (χ0v) is 37.2. The summed E-state index contributed by atoms with van der Waals surface area (Å²) in [6, 6.07) is 34.8. The van der Waals surface area contributed by atoms with Crippen LogP contribution in [0.1, 0.15) is 119 Å². The fourth-order valence-corrected chi connectivity index (χ4v) is 12.2. The van der Waals surface area contributed by atoms with Gasteiger partial charge >= 0.3 is 7.12 Å². The highest BCUT2D eigenvalue weighted by Gasteiger charge is 2.37. The summed E-state index contributed by atoms with van der Waals surface area (Å²) in [6.07, 6.45) is 6.55. The van der Waals surface area contributed by atoms with Crippen LogP contribution in [0.15, 0.2) is 102 Å². The third-order valence-corrected chi connectivity index (χ3v) is 15.8. The summed E-state index contributed by atoms with van der Waals surface area (Å²) in [5.41, 5.74) is 12.1. The molecule has 318 valence electrons. The first kappa shape index (κ1) is 41.0. The number of anilines is 2. The van der Waals surface area contributed by atoms with Crippen LogP contribution < -0.4 is 15.3 Å². The maximum atomic E-state index is 11.9. The summed E-state index contributed by atoms with van der Waals surface area (Å²) in [5.74, 6) is 2.84. The van der Waals surface area contributed by atoms with E-state index in [1.165, 1.54) is 49.6 Å². The predicted molar refractivity (Wildman–Crippen MR) is 252 cm³/mol. The highest BCUT2D eigenvalue weighted by molar-refractivity contribution is 7.15. The highest BCUT2D eigenvalue weighted by Crippen LogP contribution is 2.47. The maximum absolute atomic E-state index is 11.9. The number of aliphatic imine (C=N–C) groups is 1. The lowest BCUT2D eigenvalue weighted by Crippen LogP contribution is -2.46. The van der Waals surface area contributed by atoms with Crippen LogP contribution in [0.4, 0.5) is 11.4 Å². The van der Waals surface area contributed by atoms with E-state index in [1.807, 2.05) is 19.1 Å². The normalized spacial score (nSPS) is 21.1. The van der Waals surface area contributed by atoms with E-state index in [1.54, 1.807) is 11.3 Å². The Kier molecular flexibility index (Phi) is 11.0. The van der Waals surface area contributed by atoms with Gasteiger partial charge in [-0.3, -0.25) is 9.56 Å². The SMILES string of the molecule is Cc1sc2c(c1C)C(c1ccc(N3CCC(O)(CC4CCN(c5ccc([C@@H]6c7ccc(B(O)O)cc7CC[C@@H]6c6ccccc6)cc5)CC4)CC3)cc1)=N[C@@H](C)c1nnc(C)n1-2. The van der Waals surface area contributed by atoms with Crippen LogP contribution in [-0.4, -0.2) is 74.5 Å². The van der Waals surface area contributed by atoms with Gasteiger partial charge in [-0.15, -0.1) is 21.5 Å². The topological polar surface area (TPSA) is 110 Å². The molecule has 2 saturated heterocycles. The smallest absolute Gasteiger partial charge is 0.423 e. The zero-order chi connectivity index (χ0) is 42.7. The van der Waals surface area contributed by atoms with Crippen molar-refractivity contribution < 1.29 is 15.2 Å². The van der Waals surface area contributed by atoms with Crippen molar-refractivity contribution in [2.45, 2.75) is 96.1 Å². The van der Waals surface area contributed by atoms with Gasteiger partial charge in [-0.1, -0.05) is 72.8 Å². The van der Waals surface area contributed by atoms with E-state index in [-0.39, 0.29) is 12.0 Å². The van der Waals surface area contributed by atoms with Gasteiger partial charge in [0.05, 0.1) is 11.3 Å². The molecule has 62 heavy (non-hydrogen) atoms. The highest BCUT2D eigenvalue weighted by atomic mass is 32.1. The van der Waals surface area contributed by atoms with E-state index in [9.17, 15) is 15.2 Å². The Morgan fingerprint density at radius 2 is 1.45 bits per heavy atom. The molecule has 4 aliphatic rings. The molecule has 11 heteroatoms. The minimum Gasteiger partial charge on any atom is -0.423 e. The summed E-state index contributed by atoms with van der Waals surface area (Å²) in [7, 11) is -1.46. The largest absolute Gasteiger partial charge is 0.488 e. The number of aliphatic hydroxyl groups is 1. The number of hydrogen-bond donors (Lipinski definition) is 3. The third kappa shape index (κ3) is 7.61. The molecule has 3 N–H and O–H groups in total. The van der Waals surface area contributed by atoms with Gasteiger partial charge in [0.1, 0.15) is 16.9 Å². The number of aryl methyl sites for hydroxylation is 3. The number of thiophene rings is 1. The van der Waals surface area contributed by atoms with Crippen molar-refractivity contribution in [3.05, 3.63) is 153 Å². The molecule has 2 fully saturated rings. The van der Waals surface area contributed by atoms with Crippen LogP contribution in [-0.2, 0) is 6.42 Å². The summed E-state index contributed by atoms with van der Waals surface area (Å²) < 4.78 is 2.19. The molecule has 0 spiro atoms. The Morgan fingerprint density at radius 3 is 2.15 bits per heavy atom. The molecule has 9 nitrogen and oxygen atoms in total. The van der Waals surface area contributed by atoms with Gasteiger partial charge in [0.2, 0.25) is 0 Å². The Hall–Kier alpha value is -5.07. The first-order valence-corrected chi connectivity index (χ1v) is 23.4. The van der Waals surface area contributed by atoms with Crippen LogP contribution in [0, 0.1) is 26.7 Å². The van der Waals surface area contributed by atoms with Crippen molar-refractivity contribution in [2.75, 3.05) is 36.0 Å². The van der Waals surface area contributed by atoms with Crippen molar-refractivity contribution in [2.24, 2.45) is 10.9 Å². The second kappa shape index (κ2) is 16.6. The number of hydrogen-bond acceptors (Lipinski definition) is 9. The van der Waals surface area contributed by atoms with E-state index in [0.29, 0.717) is 17.3 Å². The van der Waals surface area contributed by atoms with Crippen molar-refractivity contribution in [3.8, 4) is 5.00 Å². The lowest BCUT2D eigenvalue weighted by Gasteiger charge is -2.43. The van der Waals surface area contributed by atoms with E-state index in [2.05, 4.69) is 130 Å². The van der Waals surface area contributed by atoms with Crippen LogP contribution in [0.3, 0.4) is 0 Å². The number of nitrogens with zero attached hydrogens (tertiary/aromatic N) is 6. The quantitative estimate of drug-likeness (QED) is 0.132. The molecule has 0 radical (unpaired) electrons. The lowest BCUT2D eigenvalue weighted by atomic mass is 9.67. The van der Waals surface area contributed by atoms with E-state index in [4.69, 9.17) is 4.99 Å². The van der Waals surface area contributed by atoms with Crippen LogP contribution in [0.5, 0.6) is 0 Å². The summed E-state index contributed by atoms with van der Waals surface area (Å²) in [5, 5.41) is 41.7. The fraction of sp³-hybridized carbons (Fsp3) is 0.392. The average molecular weight is 845 g/mol. The Balaban J connectivity index is 0.763. The zero-order valence-electron chi connectivity index (χ0n) is 36.3. The summed E-state index contributed by atoms with van der Waals surface area (Å²) >= 11 is 1.79. The molecule has 0 unspecified atom stereocenters. The maximum Gasteiger partial charge on any atom is 0.488 e. The van der Waals surface area contributed by atoms with Crippen molar-refractivity contribution in [3.63, 3.8) is 0 Å². The number of aromatic nitrogens is 3. The van der Waals surface area contributed by atoms with Gasteiger partial charge in [0.15, 0.2) is 5.82 Å². The van der Waals surface area contributed by atoms with Crippen molar-refractivity contribution >= 4 is 41.0 Å². The predicted octanol–water partition coefficient (Wildman–Crippen LogP) is 8.35. The van der Waals surface area contributed by atoms with Gasteiger partial charge in [0.25, 0.3) is 0 Å². The minimum absolute atomic E-state index is 0.107. The number of benzene rings is 4. The third-order valence-electron chi connectivity index (χ3n) is 14.6. The molecule has 3 atom stereocenters. The van der Waals surface area contributed by atoms with Crippen molar-refractivity contribution in [1.82, 2.24) is 14.8 Å². The van der Waals surface area contributed by atoms with Crippen molar-refractivity contribution in [1.29, 1.82) is 0 Å². The molecule has 0 bridgehead atoms. The lowest BCUT2D eigenvalue weighted by molar-refractivity contribution is -0.00952. The number of rotatable bonds is 8. The van der Waals surface area contributed by atoms with Crippen LogP contribution >= 0.6 is 11.3 Å². The Labute approximate surface area is 370 Å². The van der Waals surface area contributed by atoms with Gasteiger partial charge in [0, 0.05) is 59.5 Å². The fourth-order valence-electron chi connectivity index (χ4n) is 11.0. The van der Waals surface area contributed by atoms with Gasteiger partial charge in [-0.25, -0.2) is 0 Å². The van der Waals surface area contributed by atoms with Gasteiger partial charge in [-0.05, 0) is 142 Å². The van der Waals surface area contributed by atoms with E-state index >= 15 is 0 Å². The summed E-state index contributed by atoms with van der Waals surface area (Å²) in [4.78, 5) is 11.5. The monoisotopic (exact) mass is 844 g/mol. The molecule has 5 heterocycles. The first-order valence-electron chi connectivity index (χ1n) is 22.6. The molecular formula is C51H57BN6O3S. The second-order valence-corrected chi connectivity index (χ2v) is 19.6. The minimum atomic E-state index is -1.46. The molecule has 6 aromatic rings. The van der Waals surface area contributed by atoms with E-state index < -0.39 is 12.7 Å². The van der Waals surface area contributed by atoms with Crippen LogP contribution in [0.25, 0.3) is 5.00 Å². The van der Waals surface area contributed by atoms with Crippen LogP contribution in [0.2, 0.25) is 0 Å². The number of piperidine rings is 2. The first-order chi connectivity index (χ1) is 30.0. The Bertz CT molecular complexity index is 2590. The molecule has 1 aliphatic carbocycles. The average Bonchev–Trinajstić information content (AvgIpc) is 3.78. The number of fused-ring (bicyclic) bond motifs is 4. The van der Waals surface area contributed by atoms with Gasteiger partial charge < -0.3 is 25.0 Å². The van der Waals surface area contributed by atoms with E-state index in [0.717, 1.165) is 99.0 Å². The molecule has 4 aromatic carbocycles. The summed E-state index contributed by atoms with van der Waals surface area (Å²) in [6.45, 7) is 12.2. The molecule has 10 rings (SSSR count). The standard InChI is InChI=1S/C51H57BN6O3S/c1-32-34(3)62-50-46(32)48(53-33(2)49-55-54-35(4)58(49)50)39-12-18-43(19-13-39)57-28-24-51(59,25-29-57)31-36-22-26-56(27-23-36)42-16-10-38(11-17-42)47-44(37-8-6-5-7-9-37)20-14-40-30-41(52(60)61)15-21-45(40)47/h5-13,15-19,21,30,33,36,44,47,59-61H,14,20,22-29,31H2,1-4H3/t33-,44+,47-/m0/s1. The molecule has 0 amide bonds.